The van der Waals surface area contributed by atoms with Gasteiger partial charge in [0, 0.05) is 64.4 Å². The van der Waals surface area contributed by atoms with Crippen molar-refractivity contribution in [2.24, 2.45) is 5.92 Å². The van der Waals surface area contributed by atoms with Crippen LogP contribution in [0.1, 0.15) is 33.6 Å². The molecule has 0 spiro atoms. The molecule has 0 radical (unpaired) electrons. The Morgan fingerprint density at radius 1 is 0.780 bits per heavy atom. The van der Waals surface area contributed by atoms with E-state index < -0.39 is 74.9 Å². The third kappa shape index (κ3) is 9.66. The quantitative estimate of drug-likeness (QED) is 0.0832. The fourth-order valence-corrected chi connectivity index (χ4v) is 7.29. The van der Waals surface area contributed by atoms with E-state index in [1.54, 1.807) is 18.2 Å². The van der Waals surface area contributed by atoms with Crippen molar-refractivity contribution >= 4 is 33.2 Å². The molecule has 1 aliphatic rings. The summed E-state index contributed by atoms with van der Waals surface area (Å²) in [4.78, 5) is 47.0. The fourth-order valence-electron chi connectivity index (χ4n) is 5.61. The average molecular weight is 717 g/mol. The zero-order valence-corrected chi connectivity index (χ0v) is 28.1. The van der Waals surface area contributed by atoms with Crippen molar-refractivity contribution in [1.29, 1.82) is 0 Å². The van der Waals surface area contributed by atoms with Crippen molar-refractivity contribution in [1.82, 2.24) is 0 Å². The second kappa shape index (κ2) is 17.2. The van der Waals surface area contributed by atoms with Crippen LogP contribution in [0.4, 0.5) is 11.4 Å². The Labute approximate surface area is 287 Å². The maximum Gasteiger partial charge on any atom is 0.338 e. The van der Waals surface area contributed by atoms with Gasteiger partial charge in [0.1, 0.15) is 12.7 Å². The van der Waals surface area contributed by atoms with E-state index in [9.17, 15) is 38.2 Å². The Hall–Kier alpha value is -4.81. The highest BCUT2D eigenvalue weighted by atomic mass is 32.2. The van der Waals surface area contributed by atoms with Crippen molar-refractivity contribution in [3.63, 3.8) is 0 Å². The minimum absolute atomic E-state index is 0.000602. The zero-order valence-electron chi connectivity index (χ0n) is 27.3. The van der Waals surface area contributed by atoms with E-state index in [-0.39, 0.29) is 46.0 Å². The maximum atomic E-state index is 13.5. The number of methoxy groups -OCH3 is 3. The summed E-state index contributed by atoms with van der Waals surface area (Å²) in [5.74, 6) is -2.85. The number of hydrogen-bond acceptors (Lipinski definition) is 14. The number of carbonyl (C=O) groups is 2. The monoisotopic (exact) mass is 716 g/mol. The topological polar surface area (TPSA) is 210 Å². The Bertz CT molecular complexity index is 1730. The second-order valence-corrected chi connectivity index (χ2v) is 13.3. The minimum atomic E-state index is -3.83. The number of carbonyl (C=O) groups excluding carboxylic acids is 2. The van der Waals surface area contributed by atoms with Crippen LogP contribution in [0.2, 0.25) is 0 Å². The van der Waals surface area contributed by atoms with E-state index in [0.717, 1.165) is 24.3 Å². The molecule has 268 valence electrons. The Balaban J connectivity index is 1.60. The summed E-state index contributed by atoms with van der Waals surface area (Å²) in [6.45, 7) is -0.499. The summed E-state index contributed by atoms with van der Waals surface area (Å²) in [5, 5.41) is 22.1. The Morgan fingerprint density at radius 2 is 1.32 bits per heavy atom. The summed E-state index contributed by atoms with van der Waals surface area (Å²) in [6.07, 6.45) is -4.44. The van der Waals surface area contributed by atoms with Crippen LogP contribution in [0.3, 0.4) is 0 Å². The molecule has 0 N–H and O–H groups in total. The highest BCUT2D eigenvalue weighted by molar-refractivity contribution is 7.91. The van der Waals surface area contributed by atoms with Gasteiger partial charge in [0.05, 0.1) is 49.9 Å². The van der Waals surface area contributed by atoms with E-state index in [2.05, 4.69) is 0 Å². The number of non-ortho nitro benzene ring substituents is 2. The molecule has 16 nitrogen and oxygen atoms in total. The summed E-state index contributed by atoms with van der Waals surface area (Å²) >= 11 is 0. The van der Waals surface area contributed by atoms with Gasteiger partial charge in [-0.15, -0.1) is 0 Å². The predicted octanol–water partition coefficient (Wildman–Crippen LogP) is 4.16. The highest BCUT2D eigenvalue weighted by Crippen LogP contribution is 2.37. The first-order valence-corrected chi connectivity index (χ1v) is 16.9. The number of nitrogens with zero attached hydrogens (tertiary/aromatic N) is 2. The zero-order chi connectivity index (χ0) is 36.4. The number of benzene rings is 3. The van der Waals surface area contributed by atoms with Gasteiger partial charge in [0.15, 0.2) is 16.1 Å². The molecular formula is C33H36N2O14S. The molecule has 50 heavy (non-hydrogen) atoms. The number of nitro groups is 2. The van der Waals surface area contributed by atoms with E-state index in [1.165, 1.54) is 57.7 Å². The summed E-state index contributed by atoms with van der Waals surface area (Å²) in [5.41, 5.74) is -0.501. The number of nitro benzene ring substituents is 2. The largest absolute Gasteiger partial charge is 0.458 e. The highest BCUT2D eigenvalue weighted by Gasteiger charge is 2.48. The molecule has 4 rings (SSSR count). The SMILES string of the molecule is COC(C[C@@H]1O[C@H](C[C@@H](COC(=O)c2ccc([N+](=O)[O-])cc2)OC(=O)c2ccc([N+](=O)[O-])cc2)[C@H](OC)[C@H]1CS(=O)(=O)c1ccccc1)OC. The van der Waals surface area contributed by atoms with Crippen molar-refractivity contribution in [3.8, 4) is 0 Å². The lowest BCUT2D eigenvalue weighted by molar-refractivity contribution is -0.385. The van der Waals surface area contributed by atoms with Crippen molar-refractivity contribution < 1.29 is 56.3 Å². The molecule has 0 amide bonds. The first kappa shape index (κ1) is 38.0. The van der Waals surface area contributed by atoms with Crippen LogP contribution in [0.15, 0.2) is 83.8 Å². The molecule has 1 aliphatic heterocycles. The van der Waals surface area contributed by atoms with Crippen LogP contribution >= 0.6 is 0 Å². The lowest BCUT2D eigenvalue weighted by atomic mass is 9.94. The first-order chi connectivity index (χ1) is 23.9. The molecule has 3 aromatic carbocycles. The van der Waals surface area contributed by atoms with E-state index in [0.29, 0.717) is 0 Å². The molecule has 0 aliphatic carbocycles. The van der Waals surface area contributed by atoms with E-state index in [4.69, 9.17) is 28.4 Å². The van der Waals surface area contributed by atoms with E-state index >= 15 is 0 Å². The lowest BCUT2D eigenvalue weighted by Gasteiger charge is -2.26. The van der Waals surface area contributed by atoms with Gasteiger partial charge in [-0.3, -0.25) is 20.2 Å². The third-order valence-electron chi connectivity index (χ3n) is 8.15. The number of esters is 2. The normalized spacial score (nSPS) is 19.5. The standard InChI is InChI=1S/C33H36N2O14S/c1-44-30(45-2)18-28-27(20-50(42,43)26-7-5-4-6-8-26)31(46-3)29(49-28)17-25(48-33(37)22-11-15-24(16-12-22)35(40)41)19-47-32(36)21-9-13-23(14-10-21)34(38)39/h4-16,25,27-31H,17-20H2,1-3H3/t25-,27-,28-,29+,31+/m0/s1. The molecule has 1 saturated heterocycles. The van der Waals surface area contributed by atoms with Crippen LogP contribution in [0, 0.1) is 26.1 Å². The summed E-state index contributed by atoms with van der Waals surface area (Å²) in [6, 6.07) is 17.3. The molecule has 1 heterocycles. The molecule has 0 aromatic heterocycles. The van der Waals surface area contributed by atoms with Crippen molar-refractivity contribution in [2.45, 2.75) is 48.4 Å². The van der Waals surface area contributed by atoms with Crippen LogP contribution in [-0.2, 0) is 38.3 Å². The molecule has 17 heteroatoms. The molecular weight excluding hydrogens is 680 g/mol. The van der Waals surface area contributed by atoms with Gasteiger partial charge in [-0.2, -0.15) is 0 Å². The van der Waals surface area contributed by atoms with Gasteiger partial charge in [0.2, 0.25) is 0 Å². The van der Waals surface area contributed by atoms with E-state index in [1.807, 2.05) is 0 Å². The van der Waals surface area contributed by atoms with Gasteiger partial charge >= 0.3 is 11.9 Å². The average Bonchev–Trinajstić information content (AvgIpc) is 3.43. The van der Waals surface area contributed by atoms with Gasteiger partial charge in [0.25, 0.3) is 11.4 Å². The number of sulfone groups is 1. The maximum absolute atomic E-state index is 13.5. The predicted molar refractivity (Wildman–Crippen MR) is 174 cm³/mol. The molecule has 0 unspecified atom stereocenters. The smallest absolute Gasteiger partial charge is 0.338 e. The second-order valence-electron chi connectivity index (χ2n) is 11.3. The fraction of sp³-hybridized carbons (Fsp3) is 0.394. The van der Waals surface area contributed by atoms with Crippen LogP contribution in [-0.4, -0.2) is 94.6 Å². The van der Waals surface area contributed by atoms with Crippen LogP contribution in [0.5, 0.6) is 0 Å². The number of ether oxygens (including phenoxy) is 6. The molecule has 1 fully saturated rings. The summed E-state index contributed by atoms with van der Waals surface area (Å²) in [7, 11) is 0.414. The Kier molecular flexibility index (Phi) is 13.1. The molecule has 0 bridgehead atoms. The van der Waals surface area contributed by atoms with Gasteiger partial charge in [-0.25, -0.2) is 18.0 Å². The molecule has 3 aromatic rings. The van der Waals surface area contributed by atoms with Gasteiger partial charge in [-0.05, 0) is 36.4 Å². The third-order valence-corrected chi connectivity index (χ3v) is 9.96. The molecule has 0 saturated carbocycles. The molecule has 5 atom stereocenters. The lowest BCUT2D eigenvalue weighted by Crippen LogP contribution is -2.38. The Morgan fingerprint density at radius 3 is 1.82 bits per heavy atom. The van der Waals surface area contributed by atoms with Crippen LogP contribution in [0.25, 0.3) is 0 Å². The summed E-state index contributed by atoms with van der Waals surface area (Å²) < 4.78 is 61.1. The van der Waals surface area contributed by atoms with Crippen molar-refractivity contribution in [3.05, 3.63) is 110 Å². The first-order valence-electron chi connectivity index (χ1n) is 15.3. The van der Waals surface area contributed by atoms with Gasteiger partial charge < -0.3 is 28.4 Å². The minimum Gasteiger partial charge on any atom is -0.458 e. The van der Waals surface area contributed by atoms with Crippen LogP contribution < -0.4 is 0 Å². The van der Waals surface area contributed by atoms with Gasteiger partial charge in [-0.1, -0.05) is 18.2 Å². The number of hydrogen-bond donors (Lipinski definition) is 0. The number of rotatable bonds is 17. The van der Waals surface area contributed by atoms with Crippen molar-refractivity contribution in [2.75, 3.05) is 33.7 Å².